The van der Waals surface area contributed by atoms with Crippen molar-refractivity contribution in [1.29, 1.82) is 0 Å². The van der Waals surface area contributed by atoms with Gasteiger partial charge in [-0.1, -0.05) is 28.0 Å². The number of hydrogen-bond acceptors (Lipinski definition) is 7. The molecule has 1 heterocycles. The number of ketones is 1. The minimum Gasteiger partial charge on any atom is -0.428 e. The van der Waals surface area contributed by atoms with Gasteiger partial charge in [0, 0.05) is 23.8 Å². The van der Waals surface area contributed by atoms with Crippen LogP contribution in [0.4, 0.5) is 0 Å². The van der Waals surface area contributed by atoms with Crippen LogP contribution in [0.2, 0.25) is 0 Å². The van der Waals surface area contributed by atoms with Gasteiger partial charge in [0.25, 0.3) is 0 Å². The number of rotatable bonds is 10. The maximum Gasteiger partial charge on any atom is 0.309 e. The Hall–Kier alpha value is -0.690. The fourth-order valence-electron chi connectivity index (χ4n) is 1.79. The molecule has 1 aliphatic heterocycles. The predicted molar refractivity (Wildman–Crippen MR) is 83.9 cm³/mol. The topological polar surface area (TPSA) is 69.7 Å². The maximum atomic E-state index is 11.4. The van der Waals surface area contributed by atoms with Crippen LogP contribution in [0.3, 0.4) is 0 Å². The highest BCUT2D eigenvalue weighted by Gasteiger charge is 2.16. The van der Waals surface area contributed by atoms with Gasteiger partial charge in [-0.25, -0.2) is 0 Å². The average molecular weight is 334 g/mol. The summed E-state index contributed by atoms with van der Waals surface area (Å²) in [7, 11) is 3.87. The van der Waals surface area contributed by atoms with Crippen molar-refractivity contribution in [3.05, 3.63) is 0 Å². The predicted octanol–water partition coefficient (Wildman–Crippen LogP) is 3.11. The van der Waals surface area contributed by atoms with E-state index >= 15 is 0 Å². The van der Waals surface area contributed by atoms with Crippen LogP contribution in [0.15, 0.2) is 0 Å². The molecule has 0 N–H and O–H groups in total. The van der Waals surface area contributed by atoms with Gasteiger partial charge >= 0.3 is 11.9 Å². The fourth-order valence-corrected chi connectivity index (χ4v) is 4.82. The highest BCUT2D eigenvalue weighted by Crippen LogP contribution is 2.39. The van der Waals surface area contributed by atoms with Crippen molar-refractivity contribution in [2.24, 2.45) is 0 Å². The largest absolute Gasteiger partial charge is 0.428 e. The van der Waals surface area contributed by atoms with Gasteiger partial charge in [-0.05, 0) is 26.2 Å². The van der Waals surface area contributed by atoms with Crippen LogP contribution in [-0.4, -0.2) is 35.5 Å². The van der Waals surface area contributed by atoms with Gasteiger partial charge in [-0.2, -0.15) is 0 Å². The van der Waals surface area contributed by atoms with E-state index in [1.54, 1.807) is 0 Å². The van der Waals surface area contributed by atoms with Crippen LogP contribution in [0.25, 0.3) is 0 Å². The van der Waals surface area contributed by atoms with E-state index in [0.717, 1.165) is 24.5 Å². The number of carbonyl (C=O) groups excluding carboxylic acids is 3. The summed E-state index contributed by atoms with van der Waals surface area (Å²) in [6.07, 6.45) is 4.77. The number of Topliss-reactive ketones (excluding diaryl/α,β-unsaturated/α-hetero) is 1. The Morgan fingerprint density at radius 1 is 1.05 bits per heavy atom. The van der Waals surface area contributed by atoms with Gasteiger partial charge in [0.15, 0.2) is 0 Å². The van der Waals surface area contributed by atoms with E-state index in [2.05, 4.69) is 0 Å². The Balaban J connectivity index is 1.93. The molecule has 0 aromatic rings. The lowest BCUT2D eigenvalue weighted by atomic mass is 10.1. The fraction of sp³-hybridized carbons (Fsp3) is 0.786. The molecule has 1 fully saturated rings. The lowest BCUT2D eigenvalue weighted by Crippen LogP contribution is -2.13. The van der Waals surface area contributed by atoms with Crippen LogP contribution in [0.1, 0.15) is 51.9 Å². The first-order valence-corrected chi connectivity index (χ1v) is 9.55. The van der Waals surface area contributed by atoms with E-state index in [0.29, 0.717) is 6.42 Å². The van der Waals surface area contributed by atoms with Crippen molar-refractivity contribution < 1.29 is 23.9 Å². The SMILES string of the molecule is CC(=O)CCC(=O)OCOC(=O)CCCC[C@@H]1CCSS1. The van der Waals surface area contributed by atoms with Crippen LogP contribution in [-0.2, 0) is 23.9 Å². The lowest BCUT2D eigenvalue weighted by molar-refractivity contribution is -0.167. The number of esters is 2. The normalized spacial score (nSPS) is 17.5. The van der Waals surface area contributed by atoms with Crippen LogP contribution in [0.5, 0.6) is 0 Å². The third-order valence-corrected chi connectivity index (χ3v) is 6.01. The maximum absolute atomic E-state index is 11.4. The molecule has 0 spiro atoms. The summed E-state index contributed by atoms with van der Waals surface area (Å²) < 4.78 is 9.53. The Morgan fingerprint density at radius 2 is 1.76 bits per heavy atom. The van der Waals surface area contributed by atoms with Gasteiger partial charge in [-0.3, -0.25) is 9.59 Å². The lowest BCUT2D eigenvalue weighted by Gasteiger charge is -2.07. The van der Waals surface area contributed by atoms with E-state index in [9.17, 15) is 14.4 Å². The molecule has 0 aliphatic carbocycles. The quantitative estimate of drug-likeness (QED) is 0.263. The van der Waals surface area contributed by atoms with Crippen molar-refractivity contribution >= 4 is 39.3 Å². The zero-order valence-electron chi connectivity index (χ0n) is 12.3. The molecule has 7 heteroatoms. The van der Waals surface area contributed by atoms with E-state index < -0.39 is 5.97 Å². The van der Waals surface area contributed by atoms with Crippen LogP contribution < -0.4 is 0 Å². The second-order valence-electron chi connectivity index (χ2n) is 4.93. The van der Waals surface area contributed by atoms with Crippen molar-refractivity contribution in [1.82, 2.24) is 0 Å². The second-order valence-corrected chi connectivity index (χ2v) is 7.71. The van der Waals surface area contributed by atoms with E-state index in [1.165, 1.54) is 19.1 Å². The Kier molecular flexibility index (Phi) is 9.58. The van der Waals surface area contributed by atoms with Crippen molar-refractivity contribution in [3.8, 4) is 0 Å². The average Bonchev–Trinajstić information content (AvgIpc) is 2.94. The molecule has 0 bridgehead atoms. The summed E-state index contributed by atoms with van der Waals surface area (Å²) in [5.74, 6) is 0.297. The molecule has 1 aliphatic rings. The second kappa shape index (κ2) is 11.0. The zero-order valence-corrected chi connectivity index (χ0v) is 13.9. The molecule has 0 saturated carbocycles. The first kappa shape index (κ1) is 18.4. The van der Waals surface area contributed by atoms with Crippen LogP contribution in [0, 0.1) is 0 Å². The minimum atomic E-state index is -0.520. The monoisotopic (exact) mass is 334 g/mol. The molecule has 0 aromatic carbocycles. The molecule has 1 saturated heterocycles. The van der Waals surface area contributed by atoms with E-state index in [4.69, 9.17) is 9.47 Å². The Bertz CT molecular complexity index is 353. The Morgan fingerprint density at radius 3 is 2.38 bits per heavy atom. The zero-order chi connectivity index (χ0) is 15.5. The van der Waals surface area contributed by atoms with E-state index in [-0.39, 0.29) is 31.4 Å². The molecule has 1 atom stereocenters. The van der Waals surface area contributed by atoms with Gasteiger partial charge < -0.3 is 14.3 Å². The van der Waals surface area contributed by atoms with Crippen LogP contribution >= 0.6 is 21.6 Å². The number of hydrogen-bond donors (Lipinski definition) is 0. The number of ether oxygens (including phenoxy) is 2. The van der Waals surface area contributed by atoms with E-state index in [1.807, 2.05) is 21.6 Å². The smallest absolute Gasteiger partial charge is 0.309 e. The number of carbonyl (C=O) groups is 3. The molecule has 0 unspecified atom stereocenters. The summed E-state index contributed by atoms with van der Waals surface area (Å²) in [4.78, 5) is 33.3. The van der Waals surface area contributed by atoms with Crippen molar-refractivity contribution in [2.75, 3.05) is 12.5 Å². The molecule has 0 aromatic heterocycles. The van der Waals surface area contributed by atoms with Gasteiger partial charge in [0.2, 0.25) is 6.79 Å². The highest BCUT2D eigenvalue weighted by molar-refractivity contribution is 8.77. The molecule has 1 rings (SSSR count). The molecular weight excluding hydrogens is 312 g/mol. The summed E-state index contributed by atoms with van der Waals surface area (Å²) in [6.45, 7) is 1.06. The summed E-state index contributed by atoms with van der Waals surface area (Å²) in [5, 5.41) is 0.730. The third-order valence-electron chi connectivity index (χ3n) is 3.01. The number of unbranched alkanes of at least 4 members (excludes halogenated alkanes) is 1. The molecule has 21 heavy (non-hydrogen) atoms. The van der Waals surface area contributed by atoms with Crippen molar-refractivity contribution in [3.63, 3.8) is 0 Å². The summed E-state index contributed by atoms with van der Waals surface area (Å²) in [5.41, 5.74) is 0. The first-order chi connectivity index (χ1) is 10.1. The van der Waals surface area contributed by atoms with Crippen molar-refractivity contribution in [2.45, 2.75) is 57.1 Å². The summed E-state index contributed by atoms with van der Waals surface area (Å²) >= 11 is 0. The molecule has 120 valence electrons. The highest BCUT2D eigenvalue weighted by atomic mass is 33.1. The summed E-state index contributed by atoms with van der Waals surface area (Å²) in [6, 6.07) is 0. The standard InChI is InChI=1S/C14H22O5S2/c1-11(15)6-7-14(17)19-10-18-13(16)5-3-2-4-12-8-9-20-21-12/h12H,2-10H2,1H3/t12-/m1/s1. The minimum absolute atomic E-state index is 0.0317. The van der Waals surface area contributed by atoms with Gasteiger partial charge in [0.05, 0.1) is 6.42 Å². The molecule has 0 radical (unpaired) electrons. The van der Waals surface area contributed by atoms with Gasteiger partial charge in [-0.15, -0.1) is 0 Å². The third kappa shape index (κ3) is 9.79. The Labute approximate surface area is 133 Å². The molecule has 5 nitrogen and oxygen atoms in total. The first-order valence-electron chi connectivity index (χ1n) is 7.17. The van der Waals surface area contributed by atoms with Gasteiger partial charge in [0.1, 0.15) is 5.78 Å². The molecular formula is C14H22O5S2. The molecule has 0 amide bonds.